The van der Waals surface area contributed by atoms with E-state index in [0.29, 0.717) is 12.6 Å². The standard InChI is InChI=1S/C16H31NO3/c1-4-5-6-7-8-9-12-20-13-16(2,15(18)19-3)17-14-10-11-14/h14,17H,4-13H2,1-3H3. The van der Waals surface area contributed by atoms with Crippen molar-refractivity contribution in [2.75, 3.05) is 20.3 Å². The molecule has 1 saturated carbocycles. The molecule has 4 nitrogen and oxygen atoms in total. The average molecular weight is 285 g/mol. The number of hydrogen-bond donors (Lipinski definition) is 1. The van der Waals surface area contributed by atoms with Gasteiger partial charge in [-0.15, -0.1) is 0 Å². The first-order valence-corrected chi connectivity index (χ1v) is 8.06. The first-order valence-electron chi connectivity index (χ1n) is 8.06. The predicted octanol–water partition coefficient (Wildman–Crippen LogP) is 3.05. The van der Waals surface area contributed by atoms with Gasteiger partial charge in [0.1, 0.15) is 5.54 Å². The van der Waals surface area contributed by atoms with Crippen LogP contribution in [0.4, 0.5) is 0 Å². The zero-order valence-corrected chi connectivity index (χ0v) is 13.4. The number of carbonyl (C=O) groups excluding carboxylic acids is 1. The van der Waals surface area contributed by atoms with Gasteiger partial charge in [-0.2, -0.15) is 0 Å². The lowest BCUT2D eigenvalue weighted by Gasteiger charge is -2.27. The van der Waals surface area contributed by atoms with Crippen molar-refractivity contribution in [3.8, 4) is 0 Å². The molecule has 4 heteroatoms. The molecule has 1 unspecified atom stereocenters. The highest BCUT2D eigenvalue weighted by atomic mass is 16.5. The van der Waals surface area contributed by atoms with E-state index in [9.17, 15) is 4.79 Å². The van der Waals surface area contributed by atoms with E-state index in [4.69, 9.17) is 9.47 Å². The van der Waals surface area contributed by atoms with Gasteiger partial charge in [-0.05, 0) is 26.2 Å². The van der Waals surface area contributed by atoms with E-state index in [1.807, 2.05) is 6.92 Å². The molecule has 20 heavy (non-hydrogen) atoms. The lowest BCUT2D eigenvalue weighted by atomic mass is 10.0. The van der Waals surface area contributed by atoms with Crippen LogP contribution in [0, 0.1) is 0 Å². The predicted molar refractivity (Wildman–Crippen MR) is 80.8 cm³/mol. The molecule has 1 aliphatic carbocycles. The second-order valence-corrected chi connectivity index (χ2v) is 6.06. The maximum atomic E-state index is 11.9. The number of ether oxygens (including phenoxy) is 2. The average Bonchev–Trinajstić information content (AvgIpc) is 3.24. The van der Waals surface area contributed by atoms with Crippen LogP contribution in [0.5, 0.6) is 0 Å². The van der Waals surface area contributed by atoms with Crippen molar-refractivity contribution in [3.63, 3.8) is 0 Å². The summed E-state index contributed by atoms with van der Waals surface area (Å²) in [6.45, 7) is 5.22. The Morgan fingerprint density at radius 2 is 1.85 bits per heavy atom. The summed E-state index contributed by atoms with van der Waals surface area (Å²) in [5.41, 5.74) is -0.696. The van der Waals surface area contributed by atoms with Gasteiger partial charge in [0.05, 0.1) is 13.7 Å². The van der Waals surface area contributed by atoms with Gasteiger partial charge in [-0.3, -0.25) is 5.32 Å². The Hall–Kier alpha value is -0.610. The zero-order chi connectivity index (χ0) is 14.8. The van der Waals surface area contributed by atoms with Gasteiger partial charge in [0, 0.05) is 12.6 Å². The van der Waals surface area contributed by atoms with Gasteiger partial charge in [0.25, 0.3) is 0 Å². The van der Waals surface area contributed by atoms with Crippen molar-refractivity contribution in [1.29, 1.82) is 0 Å². The van der Waals surface area contributed by atoms with Crippen LogP contribution in [0.1, 0.15) is 65.2 Å². The highest BCUT2D eigenvalue weighted by Crippen LogP contribution is 2.23. The number of rotatable bonds is 12. The minimum absolute atomic E-state index is 0.229. The third kappa shape index (κ3) is 6.71. The molecule has 0 bridgehead atoms. The van der Waals surface area contributed by atoms with E-state index < -0.39 is 5.54 Å². The maximum absolute atomic E-state index is 11.9. The molecule has 1 fully saturated rings. The number of nitrogens with one attached hydrogen (secondary N) is 1. The molecule has 1 rings (SSSR count). The minimum Gasteiger partial charge on any atom is -0.468 e. The van der Waals surface area contributed by atoms with Crippen LogP contribution in [0.25, 0.3) is 0 Å². The molecule has 0 saturated heterocycles. The topological polar surface area (TPSA) is 47.6 Å². The lowest BCUT2D eigenvalue weighted by Crippen LogP contribution is -2.54. The van der Waals surface area contributed by atoms with E-state index in [1.54, 1.807) is 0 Å². The Labute approximate surface area is 123 Å². The van der Waals surface area contributed by atoms with Crippen LogP contribution in [0.15, 0.2) is 0 Å². The van der Waals surface area contributed by atoms with Gasteiger partial charge in [-0.25, -0.2) is 4.79 Å². The summed E-state index contributed by atoms with van der Waals surface area (Å²) in [7, 11) is 1.43. The van der Waals surface area contributed by atoms with Crippen molar-refractivity contribution < 1.29 is 14.3 Å². The second-order valence-electron chi connectivity index (χ2n) is 6.06. The molecule has 1 aliphatic rings. The molecule has 0 radical (unpaired) electrons. The normalized spacial score (nSPS) is 17.8. The molecule has 0 aromatic rings. The van der Waals surface area contributed by atoms with Crippen molar-refractivity contribution >= 4 is 5.97 Å². The summed E-state index contributed by atoms with van der Waals surface area (Å²) in [6, 6.07) is 0.455. The fourth-order valence-electron chi connectivity index (χ4n) is 2.32. The van der Waals surface area contributed by atoms with Crippen molar-refractivity contribution in [3.05, 3.63) is 0 Å². The number of unbranched alkanes of at least 4 members (excludes halogenated alkanes) is 5. The first-order chi connectivity index (χ1) is 9.62. The van der Waals surface area contributed by atoms with Gasteiger partial charge >= 0.3 is 5.97 Å². The van der Waals surface area contributed by atoms with Crippen LogP contribution < -0.4 is 5.32 Å². The summed E-state index contributed by atoms with van der Waals surface area (Å²) in [5.74, 6) is -0.229. The summed E-state index contributed by atoms with van der Waals surface area (Å²) in [4.78, 5) is 11.9. The van der Waals surface area contributed by atoms with E-state index in [1.165, 1.54) is 39.2 Å². The number of hydrogen-bond acceptors (Lipinski definition) is 4. The molecular formula is C16H31NO3. The van der Waals surface area contributed by atoms with Crippen molar-refractivity contribution in [1.82, 2.24) is 5.32 Å². The molecule has 1 atom stereocenters. The molecule has 0 amide bonds. The number of esters is 1. The van der Waals surface area contributed by atoms with Gasteiger partial charge in [0.2, 0.25) is 0 Å². The Morgan fingerprint density at radius 3 is 2.45 bits per heavy atom. The smallest absolute Gasteiger partial charge is 0.328 e. The van der Waals surface area contributed by atoms with E-state index in [-0.39, 0.29) is 5.97 Å². The fraction of sp³-hybridized carbons (Fsp3) is 0.938. The van der Waals surface area contributed by atoms with E-state index >= 15 is 0 Å². The Morgan fingerprint density at radius 1 is 1.20 bits per heavy atom. The van der Waals surface area contributed by atoms with Crippen LogP contribution in [-0.2, 0) is 14.3 Å². The van der Waals surface area contributed by atoms with Crippen molar-refractivity contribution in [2.24, 2.45) is 0 Å². The quantitative estimate of drug-likeness (QED) is 0.442. The van der Waals surface area contributed by atoms with Gasteiger partial charge < -0.3 is 9.47 Å². The van der Waals surface area contributed by atoms with Gasteiger partial charge in [0.15, 0.2) is 0 Å². The van der Waals surface area contributed by atoms with Crippen molar-refractivity contribution in [2.45, 2.75) is 76.8 Å². The largest absolute Gasteiger partial charge is 0.468 e. The monoisotopic (exact) mass is 285 g/mol. The number of methoxy groups -OCH3 is 1. The van der Waals surface area contributed by atoms with Crippen LogP contribution >= 0.6 is 0 Å². The SMILES string of the molecule is CCCCCCCCOCC(C)(NC1CC1)C(=O)OC. The lowest BCUT2D eigenvalue weighted by molar-refractivity contribution is -0.150. The Kier molecular flexibility index (Phi) is 8.15. The van der Waals surface area contributed by atoms with Crippen LogP contribution in [0.2, 0.25) is 0 Å². The van der Waals surface area contributed by atoms with E-state index in [2.05, 4.69) is 12.2 Å². The zero-order valence-electron chi connectivity index (χ0n) is 13.4. The summed E-state index contributed by atoms with van der Waals surface area (Å²) in [6.07, 6.45) is 9.78. The molecule has 0 spiro atoms. The molecule has 0 aromatic heterocycles. The molecule has 0 heterocycles. The second kappa shape index (κ2) is 9.35. The van der Waals surface area contributed by atoms with Crippen LogP contribution in [0.3, 0.4) is 0 Å². The highest BCUT2D eigenvalue weighted by molar-refractivity contribution is 5.80. The maximum Gasteiger partial charge on any atom is 0.328 e. The summed E-state index contributed by atoms with van der Waals surface area (Å²) in [5, 5.41) is 3.34. The van der Waals surface area contributed by atoms with Crippen LogP contribution in [-0.4, -0.2) is 37.9 Å². The fourth-order valence-corrected chi connectivity index (χ4v) is 2.32. The molecular weight excluding hydrogens is 254 g/mol. The summed E-state index contributed by atoms with van der Waals surface area (Å²) < 4.78 is 10.6. The van der Waals surface area contributed by atoms with E-state index in [0.717, 1.165) is 25.9 Å². The highest BCUT2D eigenvalue weighted by Gasteiger charge is 2.39. The molecule has 118 valence electrons. The third-order valence-electron chi connectivity index (χ3n) is 3.77. The minimum atomic E-state index is -0.696. The Bertz CT molecular complexity index is 279. The molecule has 1 N–H and O–H groups in total. The molecule has 0 aromatic carbocycles. The number of carbonyl (C=O) groups is 1. The molecule has 0 aliphatic heterocycles. The van der Waals surface area contributed by atoms with Gasteiger partial charge in [-0.1, -0.05) is 39.0 Å². The Balaban J connectivity index is 2.13. The summed E-state index contributed by atoms with van der Waals surface area (Å²) >= 11 is 0. The first kappa shape index (κ1) is 17.4. The third-order valence-corrected chi connectivity index (χ3v) is 3.77.